The Labute approximate surface area is 173 Å². The lowest BCUT2D eigenvalue weighted by molar-refractivity contribution is 0.579. The lowest BCUT2D eigenvalue weighted by atomic mass is 10.2. The molecule has 0 aliphatic carbocycles. The van der Waals surface area contributed by atoms with E-state index in [-0.39, 0.29) is 12.4 Å². The predicted octanol–water partition coefficient (Wildman–Crippen LogP) is 3.87. The van der Waals surface area contributed by atoms with Gasteiger partial charge in [0.15, 0.2) is 5.11 Å². The predicted molar refractivity (Wildman–Crippen MR) is 113 cm³/mol. The number of anilines is 1. The molecule has 0 amide bonds. The van der Waals surface area contributed by atoms with E-state index in [9.17, 15) is 4.39 Å². The van der Waals surface area contributed by atoms with Crippen LogP contribution in [0.5, 0.6) is 0 Å². The third-order valence-corrected chi connectivity index (χ3v) is 5.12. The van der Waals surface area contributed by atoms with E-state index >= 15 is 0 Å². The summed E-state index contributed by atoms with van der Waals surface area (Å²) in [5, 5.41) is 16.0. The monoisotopic (exact) mass is 420 g/mol. The van der Waals surface area contributed by atoms with Crippen LogP contribution in [0.4, 0.5) is 10.1 Å². The van der Waals surface area contributed by atoms with Crippen molar-refractivity contribution in [3.63, 3.8) is 0 Å². The third-order valence-electron chi connectivity index (χ3n) is 4.52. The molecule has 0 radical (unpaired) electrons. The molecule has 2 aromatic heterocycles. The highest BCUT2D eigenvalue weighted by Crippen LogP contribution is 2.24. The molecular formula is C19H22ClFN6S. The molecule has 1 aromatic carbocycles. The first-order valence-electron chi connectivity index (χ1n) is 8.77. The standard InChI is InChI=1S/C19H22ClFN6S/c1-11-8-14(26(4)24-11)9-22-19(28)23-18-12(2)25-27(13(18)3)10-15-16(20)6-5-7-17(15)21/h5-8H,9-10H2,1-4H3,(H2,22,23,28). The van der Waals surface area contributed by atoms with Crippen molar-refractivity contribution in [1.29, 1.82) is 0 Å². The molecule has 28 heavy (non-hydrogen) atoms. The highest BCUT2D eigenvalue weighted by Gasteiger charge is 2.16. The molecule has 0 fully saturated rings. The Bertz CT molecular complexity index is 1010. The summed E-state index contributed by atoms with van der Waals surface area (Å²) in [5.41, 5.74) is 4.81. The first-order valence-corrected chi connectivity index (χ1v) is 9.56. The van der Waals surface area contributed by atoms with Crippen molar-refractivity contribution in [2.45, 2.75) is 33.9 Å². The largest absolute Gasteiger partial charge is 0.357 e. The highest BCUT2D eigenvalue weighted by atomic mass is 35.5. The molecule has 0 saturated heterocycles. The van der Waals surface area contributed by atoms with Crippen LogP contribution in [0.15, 0.2) is 24.3 Å². The fourth-order valence-corrected chi connectivity index (χ4v) is 3.42. The summed E-state index contributed by atoms with van der Waals surface area (Å²) in [5.74, 6) is -0.349. The molecule has 148 valence electrons. The van der Waals surface area contributed by atoms with E-state index in [4.69, 9.17) is 23.8 Å². The minimum atomic E-state index is -0.349. The van der Waals surface area contributed by atoms with Crippen molar-refractivity contribution in [3.05, 3.63) is 63.4 Å². The van der Waals surface area contributed by atoms with Crippen molar-refractivity contribution < 1.29 is 4.39 Å². The molecule has 0 unspecified atom stereocenters. The second-order valence-electron chi connectivity index (χ2n) is 6.61. The normalized spacial score (nSPS) is 10.9. The smallest absolute Gasteiger partial charge is 0.171 e. The van der Waals surface area contributed by atoms with Gasteiger partial charge in [0.05, 0.1) is 41.6 Å². The molecule has 3 rings (SSSR count). The SMILES string of the molecule is Cc1cc(CNC(=S)Nc2c(C)nn(Cc3c(F)cccc3Cl)c2C)n(C)n1. The van der Waals surface area contributed by atoms with Gasteiger partial charge in [0.1, 0.15) is 5.82 Å². The molecule has 0 aliphatic heterocycles. The zero-order valence-corrected chi connectivity index (χ0v) is 17.7. The summed E-state index contributed by atoms with van der Waals surface area (Å²) in [4.78, 5) is 0. The second-order valence-corrected chi connectivity index (χ2v) is 7.43. The minimum absolute atomic E-state index is 0.244. The molecule has 2 N–H and O–H groups in total. The number of halogens is 2. The quantitative estimate of drug-likeness (QED) is 0.613. The number of benzene rings is 1. The summed E-state index contributed by atoms with van der Waals surface area (Å²) >= 11 is 11.6. The number of nitrogens with one attached hydrogen (secondary N) is 2. The molecule has 0 aliphatic rings. The number of aryl methyl sites for hydroxylation is 3. The topological polar surface area (TPSA) is 59.7 Å². The van der Waals surface area contributed by atoms with Crippen LogP contribution >= 0.6 is 23.8 Å². The van der Waals surface area contributed by atoms with E-state index in [0.29, 0.717) is 22.2 Å². The summed E-state index contributed by atoms with van der Waals surface area (Å²) < 4.78 is 17.6. The lowest BCUT2D eigenvalue weighted by Gasteiger charge is -2.12. The molecule has 9 heteroatoms. The van der Waals surface area contributed by atoms with Gasteiger partial charge in [-0.1, -0.05) is 17.7 Å². The van der Waals surface area contributed by atoms with Gasteiger partial charge in [-0.2, -0.15) is 10.2 Å². The number of rotatable bonds is 5. The average molecular weight is 421 g/mol. The third kappa shape index (κ3) is 4.34. The molecular weight excluding hydrogens is 399 g/mol. The van der Waals surface area contributed by atoms with Gasteiger partial charge in [0.25, 0.3) is 0 Å². The van der Waals surface area contributed by atoms with Crippen LogP contribution in [-0.4, -0.2) is 24.7 Å². The van der Waals surface area contributed by atoms with Crippen molar-refractivity contribution in [1.82, 2.24) is 24.9 Å². The maximum Gasteiger partial charge on any atom is 0.171 e. The van der Waals surface area contributed by atoms with Gasteiger partial charge in [-0.05, 0) is 51.2 Å². The van der Waals surface area contributed by atoms with E-state index in [1.807, 2.05) is 38.6 Å². The Hall–Kier alpha value is -2.45. The molecule has 6 nitrogen and oxygen atoms in total. The van der Waals surface area contributed by atoms with Gasteiger partial charge >= 0.3 is 0 Å². The summed E-state index contributed by atoms with van der Waals surface area (Å²) in [7, 11) is 1.90. The zero-order valence-electron chi connectivity index (χ0n) is 16.2. The van der Waals surface area contributed by atoms with Crippen LogP contribution in [0.2, 0.25) is 5.02 Å². The summed E-state index contributed by atoms with van der Waals surface area (Å²) in [6.45, 7) is 6.53. The first-order chi connectivity index (χ1) is 13.3. The number of aromatic nitrogens is 4. The minimum Gasteiger partial charge on any atom is -0.357 e. The van der Waals surface area contributed by atoms with E-state index in [1.165, 1.54) is 6.07 Å². The molecule has 0 bridgehead atoms. The molecule has 0 atom stereocenters. The van der Waals surface area contributed by atoms with Crippen molar-refractivity contribution in [3.8, 4) is 0 Å². The maximum atomic E-state index is 14.1. The summed E-state index contributed by atoms with van der Waals surface area (Å²) in [6.07, 6.45) is 0. The Morgan fingerprint density at radius 2 is 2.00 bits per heavy atom. The summed E-state index contributed by atoms with van der Waals surface area (Å²) in [6, 6.07) is 6.65. The first kappa shape index (κ1) is 20.3. The molecule has 2 heterocycles. The van der Waals surface area contributed by atoms with E-state index in [2.05, 4.69) is 20.8 Å². The highest BCUT2D eigenvalue weighted by molar-refractivity contribution is 7.80. The van der Waals surface area contributed by atoms with Gasteiger partial charge in [-0.3, -0.25) is 9.36 Å². The van der Waals surface area contributed by atoms with Gasteiger partial charge in [-0.25, -0.2) is 4.39 Å². The van der Waals surface area contributed by atoms with Crippen LogP contribution < -0.4 is 10.6 Å². The van der Waals surface area contributed by atoms with Crippen LogP contribution in [0.1, 0.15) is 28.3 Å². The van der Waals surface area contributed by atoms with Gasteiger partial charge < -0.3 is 10.6 Å². The molecule has 0 spiro atoms. The van der Waals surface area contributed by atoms with Crippen molar-refractivity contribution in [2.24, 2.45) is 7.05 Å². The number of thiocarbonyl (C=S) groups is 1. The average Bonchev–Trinajstić information content (AvgIpc) is 3.09. The van der Waals surface area contributed by atoms with E-state index in [0.717, 1.165) is 28.5 Å². The Kier molecular flexibility index (Phi) is 6.00. The second kappa shape index (κ2) is 8.28. The number of hydrogen-bond acceptors (Lipinski definition) is 3. The van der Waals surface area contributed by atoms with Crippen molar-refractivity contribution >= 4 is 34.6 Å². The maximum absolute atomic E-state index is 14.1. The Morgan fingerprint density at radius 3 is 2.64 bits per heavy atom. The van der Waals surface area contributed by atoms with Gasteiger partial charge in [-0.15, -0.1) is 0 Å². The van der Waals surface area contributed by atoms with Crippen LogP contribution in [0.3, 0.4) is 0 Å². The Morgan fingerprint density at radius 1 is 1.25 bits per heavy atom. The fourth-order valence-electron chi connectivity index (χ4n) is 3.02. The van der Waals surface area contributed by atoms with E-state index < -0.39 is 0 Å². The van der Waals surface area contributed by atoms with Crippen molar-refractivity contribution in [2.75, 3.05) is 5.32 Å². The lowest BCUT2D eigenvalue weighted by Crippen LogP contribution is -2.29. The van der Waals surface area contributed by atoms with Gasteiger partial charge in [0, 0.05) is 17.6 Å². The van der Waals surface area contributed by atoms with Crippen LogP contribution in [0.25, 0.3) is 0 Å². The van der Waals surface area contributed by atoms with E-state index in [1.54, 1.807) is 16.8 Å². The number of hydrogen-bond donors (Lipinski definition) is 2. The van der Waals surface area contributed by atoms with Crippen LogP contribution in [-0.2, 0) is 20.1 Å². The van der Waals surface area contributed by atoms with Crippen LogP contribution in [0, 0.1) is 26.6 Å². The Balaban J connectivity index is 1.71. The fraction of sp³-hybridized carbons (Fsp3) is 0.316. The molecule has 0 saturated carbocycles. The molecule has 3 aromatic rings. The number of nitrogens with zero attached hydrogens (tertiary/aromatic N) is 4. The van der Waals surface area contributed by atoms with Gasteiger partial charge in [0.2, 0.25) is 0 Å². The zero-order chi connectivity index (χ0) is 20.4.